The molecule has 0 aromatic carbocycles. The molecule has 0 aliphatic carbocycles. The van der Waals surface area contributed by atoms with Crippen LogP contribution in [0.5, 0.6) is 0 Å². The van der Waals surface area contributed by atoms with E-state index in [4.69, 9.17) is 9.84 Å². The lowest BCUT2D eigenvalue weighted by molar-refractivity contribution is 0.0270. The minimum Gasteiger partial charge on any atom is -0.478 e. The molecule has 0 radical (unpaired) electrons. The fourth-order valence-electron chi connectivity index (χ4n) is 2.10. The molecule has 118 valence electrons. The van der Waals surface area contributed by atoms with Crippen molar-refractivity contribution in [3.8, 4) is 0 Å². The topological polar surface area (TPSA) is 79.7 Å². The number of nitrogens with zero attached hydrogens (tertiary/aromatic N) is 2. The number of carbonyl (C=O) groups is 2. The Hall–Kier alpha value is -2.37. The molecule has 6 heteroatoms. The summed E-state index contributed by atoms with van der Waals surface area (Å²) in [5.41, 5.74) is 1.41. The van der Waals surface area contributed by atoms with E-state index in [0.717, 1.165) is 11.3 Å². The molecule has 22 heavy (non-hydrogen) atoms. The summed E-state index contributed by atoms with van der Waals surface area (Å²) in [6, 6.07) is 3.23. The summed E-state index contributed by atoms with van der Waals surface area (Å²) in [6.45, 7) is 6.54. The first-order valence-electron chi connectivity index (χ1n) is 7.13. The Morgan fingerprint density at radius 2 is 2.05 bits per heavy atom. The molecule has 0 bridgehead atoms. The van der Waals surface area contributed by atoms with E-state index in [0.29, 0.717) is 19.5 Å². The molecule has 2 rings (SSSR count). The van der Waals surface area contributed by atoms with Gasteiger partial charge in [-0.15, -0.1) is 0 Å². The van der Waals surface area contributed by atoms with Crippen LogP contribution in [0.3, 0.4) is 0 Å². The maximum atomic E-state index is 12.0. The number of amides is 1. The summed E-state index contributed by atoms with van der Waals surface area (Å²) in [5.74, 6) is -0.993. The van der Waals surface area contributed by atoms with Gasteiger partial charge in [0.15, 0.2) is 0 Å². The number of rotatable bonds is 2. The Morgan fingerprint density at radius 3 is 2.50 bits per heavy atom. The van der Waals surface area contributed by atoms with Crippen molar-refractivity contribution in [1.29, 1.82) is 0 Å². The lowest BCUT2D eigenvalue weighted by Gasteiger charge is -2.29. The van der Waals surface area contributed by atoms with Crippen LogP contribution in [0.1, 0.15) is 43.2 Å². The van der Waals surface area contributed by atoms with Gasteiger partial charge in [0.1, 0.15) is 5.60 Å². The van der Waals surface area contributed by atoms with Crippen LogP contribution in [0.2, 0.25) is 0 Å². The Morgan fingerprint density at radius 1 is 1.32 bits per heavy atom. The van der Waals surface area contributed by atoms with Gasteiger partial charge in [0.25, 0.3) is 0 Å². The number of carboxylic acid groups (broad SMARTS) is 1. The third-order valence-electron chi connectivity index (χ3n) is 3.20. The molecule has 0 atom stereocenters. The first-order chi connectivity index (χ1) is 10.3. The van der Waals surface area contributed by atoms with Crippen LogP contribution in [0.15, 0.2) is 24.4 Å². The molecule has 1 amide bonds. The first kappa shape index (κ1) is 16.0. The Labute approximate surface area is 129 Å². The molecule has 2 heterocycles. The second kappa shape index (κ2) is 6.17. The van der Waals surface area contributed by atoms with Crippen molar-refractivity contribution >= 4 is 17.6 Å². The van der Waals surface area contributed by atoms with E-state index in [1.807, 2.05) is 26.8 Å². The van der Waals surface area contributed by atoms with E-state index >= 15 is 0 Å². The molecule has 0 fully saturated rings. The SMILES string of the molecule is CC(C)(C)OC(=O)N1CC=C(c2ccc(C(=O)O)cn2)CC1. The largest absolute Gasteiger partial charge is 0.478 e. The van der Waals surface area contributed by atoms with E-state index < -0.39 is 11.6 Å². The van der Waals surface area contributed by atoms with Crippen LogP contribution in [0, 0.1) is 0 Å². The van der Waals surface area contributed by atoms with Gasteiger partial charge in [-0.1, -0.05) is 6.08 Å². The van der Waals surface area contributed by atoms with Gasteiger partial charge in [-0.3, -0.25) is 4.98 Å². The summed E-state index contributed by atoms with van der Waals surface area (Å²) in [7, 11) is 0. The summed E-state index contributed by atoms with van der Waals surface area (Å²) in [5, 5.41) is 8.86. The lowest BCUT2D eigenvalue weighted by atomic mass is 10.0. The van der Waals surface area contributed by atoms with Crippen molar-refractivity contribution in [3.63, 3.8) is 0 Å². The van der Waals surface area contributed by atoms with Gasteiger partial charge in [0.05, 0.1) is 11.3 Å². The second-order valence-electron chi connectivity index (χ2n) is 6.14. The molecular formula is C16H20N2O4. The van der Waals surface area contributed by atoms with Crippen LogP contribution in [-0.4, -0.2) is 45.7 Å². The minimum absolute atomic E-state index is 0.163. The molecule has 6 nitrogen and oxygen atoms in total. The molecule has 1 aromatic rings. The summed E-state index contributed by atoms with van der Waals surface area (Å²) < 4.78 is 5.34. The number of hydrogen-bond acceptors (Lipinski definition) is 4. The van der Waals surface area contributed by atoms with Crippen LogP contribution >= 0.6 is 0 Å². The molecule has 0 saturated heterocycles. The Balaban J connectivity index is 2.02. The highest BCUT2D eigenvalue weighted by Gasteiger charge is 2.24. The minimum atomic E-state index is -0.993. The average molecular weight is 304 g/mol. The molecule has 0 saturated carbocycles. The quantitative estimate of drug-likeness (QED) is 0.908. The van der Waals surface area contributed by atoms with Crippen LogP contribution < -0.4 is 0 Å². The van der Waals surface area contributed by atoms with E-state index in [1.54, 1.807) is 11.0 Å². The van der Waals surface area contributed by atoms with E-state index in [1.165, 1.54) is 12.3 Å². The fraction of sp³-hybridized carbons (Fsp3) is 0.438. The van der Waals surface area contributed by atoms with E-state index in [-0.39, 0.29) is 11.7 Å². The van der Waals surface area contributed by atoms with Gasteiger partial charge in [0, 0.05) is 19.3 Å². The normalized spacial score (nSPS) is 15.2. The molecule has 0 unspecified atom stereocenters. The molecule has 0 spiro atoms. The maximum absolute atomic E-state index is 12.0. The third kappa shape index (κ3) is 4.07. The number of aromatic nitrogens is 1. The fourth-order valence-corrected chi connectivity index (χ4v) is 2.10. The predicted molar refractivity (Wildman–Crippen MR) is 81.6 cm³/mol. The summed E-state index contributed by atoms with van der Waals surface area (Å²) in [6.07, 6.45) is 3.62. The number of aromatic carboxylic acids is 1. The van der Waals surface area contributed by atoms with Crippen molar-refractivity contribution in [3.05, 3.63) is 35.7 Å². The number of pyridine rings is 1. The predicted octanol–water partition coefficient (Wildman–Crippen LogP) is 2.80. The van der Waals surface area contributed by atoms with Gasteiger partial charge in [-0.2, -0.15) is 0 Å². The van der Waals surface area contributed by atoms with Crippen molar-refractivity contribution in [1.82, 2.24) is 9.88 Å². The van der Waals surface area contributed by atoms with Gasteiger partial charge in [-0.05, 0) is 44.9 Å². The zero-order chi connectivity index (χ0) is 16.3. The van der Waals surface area contributed by atoms with Crippen molar-refractivity contribution in [2.75, 3.05) is 13.1 Å². The monoisotopic (exact) mass is 304 g/mol. The van der Waals surface area contributed by atoms with Gasteiger partial charge in [-0.25, -0.2) is 9.59 Å². The van der Waals surface area contributed by atoms with Gasteiger partial charge in [0.2, 0.25) is 0 Å². The standard InChI is InChI=1S/C16H20N2O4/c1-16(2,3)22-15(21)18-8-6-11(7-9-18)13-5-4-12(10-17-13)14(19)20/h4-6,10H,7-9H2,1-3H3,(H,19,20). The highest BCUT2D eigenvalue weighted by atomic mass is 16.6. The summed E-state index contributed by atoms with van der Waals surface area (Å²) >= 11 is 0. The molecule has 1 aliphatic rings. The van der Waals surface area contributed by atoms with Crippen molar-refractivity contribution < 1.29 is 19.4 Å². The number of hydrogen-bond donors (Lipinski definition) is 1. The average Bonchev–Trinajstić information content (AvgIpc) is 2.46. The second-order valence-corrected chi connectivity index (χ2v) is 6.14. The molecular weight excluding hydrogens is 284 g/mol. The third-order valence-corrected chi connectivity index (χ3v) is 3.20. The van der Waals surface area contributed by atoms with E-state index in [9.17, 15) is 9.59 Å². The maximum Gasteiger partial charge on any atom is 0.410 e. The number of carboxylic acids is 1. The zero-order valence-electron chi connectivity index (χ0n) is 13.0. The van der Waals surface area contributed by atoms with Crippen LogP contribution in [0.4, 0.5) is 4.79 Å². The van der Waals surface area contributed by atoms with Crippen LogP contribution in [0.25, 0.3) is 5.57 Å². The highest BCUT2D eigenvalue weighted by Crippen LogP contribution is 2.22. The first-order valence-corrected chi connectivity index (χ1v) is 7.13. The number of ether oxygens (including phenoxy) is 1. The van der Waals surface area contributed by atoms with Crippen molar-refractivity contribution in [2.45, 2.75) is 32.8 Å². The van der Waals surface area contributed by atoms with Gasteiger partial charge < -0.3 is 14.7 Å². The molecule has 1 N–H and O–H groups in total. The zero-order valence-corrected chi connectivity index (χ0v) is 13.0. The number of carbonyl (C=O) groups excluding carboxylic acids is 1. The van der Waals surface area contributed by atoms with Gasteiger partial charge >= 0.3 is 12.1 Å². The Bertz CT molecular complexity index is 600. The molecule has 1 aliphatic heterocycles. The smallest absolute Gasteiger partial charge is 0.410 e. The van der Waals surface area contributed by atoms with E-state index in [2.05, 4.69) is 4.98 Å². The summed E-state index contributed by atoms with van der Waals surface area (Å²) in [4.78, 5) is 28.6. The van der Waals surface area contributed by atoms with Crippen molar-refractivity contribution in [2.24, 2.45) is 0 Å². The van der Waals surface area contributed by atoms with Crippen LogP contribution in [-0.2, 0) is 4.74 Å². The lowest BCUT2D eigenvalue weighted by Crippen LogP contribution is -2.39. The molecule has 1 aromatic heterocycles. The Kier molecular flexibility index (Phi) is 4.49. The highest BCUT2D eigenvalue weighted by molar-refractivity contribution is 5.87.